The molecule has 0 spiro atoms. The van der Waals surface area contributed by atoms with Crippen LogP contribution in [0.2, 0.25) is 0 Å². The van der Waals surface area contributed by atoms with E-state index in [2.05, 4.69) is 28.5 Å². The van der Waals surface area contributed by atoms with Gasteiger partial charge >= 0.3 is 0 Å². The largest absolute Gasteiger partial charge is 0.354 e. The van der Waals surface area contributed by atoms with Gasteiger partial charge in [-0.05, 0) is 31.6 Å². The van der Waals surface area contributed by atoms with Crippen LogP contribution in [0.15, 0.2) is 4.99 Å². The van der Waals surface area contributed by atoms with Gasteiger partial charge in [0.1, 0.15) is 0 Å². The first kappa shape index (κ1) is 15.6. The second-order valence-electron chi connectivity index (χ2n) is 4.23. The minimum Gasteiger partial charge on any atom is -0.354 e. The molecule has 0 aromatic carbocycles. The van der Waals surface area contributed by atoms with Gasteiger partial charge in [-0.15, -0.1) is 30.4 Å². The molecule has 0 aromatic rings. The molecule has 1 rings (SSSR count). The molecule has 0 saturated heterocycles. The van der Waals surface area contributed by atoms with Gasteiger partial charge in [-0.3, -0.25) is 4.99 Å². The molecule has 1 aliphatic rings. The van der Waals surface area contributed by atoms with Gasteiger partial charge in [-0.2, -0.15) is 0 Å². The van der Waals surface area contributed by atoms with Crippen molar-refractivity contribution < 1.29 is 0 Å². The number of rotatable bonds is 2. The lowest BCUT2D eigenvalue weighted by Gasteiger charge is -2.28. The molecule has 0 unspecified atom stereocenters. The highest BCUT2D eigenvalue weighted by molar-refractivity contribution is 14.0. The van der Waals surface area contributed by atoms with E-state index < -0.39 is 0 Å². The maximum atomic E-state index is 5.19. The smallest absolute Gasteiger partial charge is 0.191 e. The van der Waals surface area contributed by atoms with Gasteiger partial charge in [-0.1, -0.05) is 12.8 Å². The number of nitrogens with zero attached hydrogens (tertiary/aromatic N) is 1. The lowest BCUT2D eigenvalue weighted by atomic mass is 9.87. The molecule has 0 radical (unpaired) electrons. The van der Waals surface area contributed by atoms with E-state index in [1.54, 1.807) is 7.05 Å². The van der Waals surface area contributed by atoms with Crippen LogP contribution >= 0.6 is 24.0 Å². The molecule has 1 fully saturated rings. The monoisotopic (exact) mass is 335 g/mol. The normalized spacial score (nSPS) is 25.2. The van der Waals surface area contributed by atoms with Crippen LogP contribution in [-0.2, 0) is 0 Å². The lowest BCUT2D eigenvalue weighted by molar-refractivity contribution is 0.329. The molecule has 16 heavy (non-hydrogen) atoms. The van der Waals surface area contributed by atoms with Crippen LogP contribution in [0.1, 0.15) is 32.6 Å². The molecule has 0 heterocycles. The summed E-state index contributed by atoms with van der Waals surface area (Å²) in [6, 6.07) is 0.560. The fraction of sp³-hybridized carbons (Fsp3) is 0.750. The summed E-state index contributed by atoms with van der Waals surface area (Å²) < 4.78 is 0. The zero-order chi connectivity index (χ0) is 11.1. The molecule has 2 N–H and O–H groups in total. The van der Waals surface area contributed by atoms with Crippen molar-refractivity contribution in [1.82, 2.24) is 10.6 Å². The molecule has 0 bridgehead atoms. The molecule has 0 atom stereocenters. The van der Waals surface area contributed by atoms with Crippen molar-refractivity contribution in [1.29, 1.82) is 0 Å². The van der Waals surface area contributed by atoms with Crippen molar-refractivity contribution in [3.8, 4) is 12.3 Å². The van der Waals surface area contributed by atoms with E-state index in [-0.39, 0.29) is 24.0 Å². The molecule has 3 nitrogen and oxygen atoms in total. The number of hydrogen-bond acceptors (Lipinski definition) is 1. The SMILES string of the molecule is C#CCNC(=NC)NC1CCC(C)CC1.I. The first-order valence-corrected chi connectivity index (χ1v) is 5.67. The number of nitrogens with one attached hydrogen (secondary N) is 2. The summed E-state index contributed by atoms with van der Waals surface area (Å²) in [5, 5.41) is 6.48. The van der Waals surface area contributed by atoms with E-state index in [0.29, 0.717) is 12.6 Å². The predicted molar refractivity (Wildman–Crippen MR) is 80.2 cm³/mol. The summed E-state index contributed by atoms with van der Waals surface area (Å²) >= 11 is 0. The van der Waals surface area contributed by atoms with Crippen molar-refractivity contribution in [2.24, 2.45) is 10.9 Å². The average molecular weight is 335 g/mol. The summed E-state index contributed by atoms with van der Waals surface area (Å²) in [6.07, 6.45) is 10.3. The summed E-state index contributed by atoms with van der Waals surface area (Å²) in [7, 11) is 1.78. The van der Waals surface area contributed by atoms with E-state index >= 15 is 0 Å². The van der Waals surface area contributed by atoms with Gasteiger partial charge in [0.15, 0.2) is 5.96 Å². The van der Waals surface area contributed by atoms with Crippen molar-refractivity contribution in [2.75, 3.05) is 13.6 Å². The Hall–Kier alpha value is -0.440. The molecule has 0 amide bonds. The van der Waals surface area contributed by atoms with Crippen LogP contribution in [-0.4, -0.2) is 25.6 Å². The average Bonchev–Trinajstić information content (AvgIpc) is 2.27. The Morgan fingerprint density at radius 2 is 2.00 bits per heavy atom. The molecule has 0 aromatic heterocycles. The van der Waals surface area contributed by atoms with E-state index in [0.717, 1.165) is 11.9 Å². The predicted octanol–water partition coefficient (Wildman–Crippen LogP) is 1.98. The minimum atomic E-state index is 0. The maximum absolute atomic E-state index is 5.19. The summed E-state index contributed by atoms with van der Waals surface area (Å²) in [5.41, 5.74) is 0. The van der Waals surface area contributed by atoms with E-state index in [1.807, 2.05) is 0 Å². The standard InChI is InChI=1S/C12H21N3.HI/c1-4-9-14-12(13-3)15-11-7-5-10(2)6-8-11;/h1,10-11H,5-9H2,2-3H3,(H2,13,14,15);1H. The number of aliphatic imine (C=N–C) groups is 1. The number of terminal acetylenes is 1. The summed E-state index contributed by atoms with van der Waals surface area (Å²) in [4.78, 5) is 4.14. The molecular formula is C12H22IN3. The van der Waals surface area contributed by atoms with Gasteiger partial charge in [0.25, 0.3) is 0 Å². The number of halogens is 1. The van der Waals surface area contributed by atoms with Gasteiger partial charge in [-0.25, -0.2) is 0 Å². The van der Waals surface area contributed by atoms with Crippen LogP contribution in [0.4, 0.5) is 0 Å². The molecule has 1 aliphatic carbocycles. The Kier molecular flexibility index (Phi) is 8.44. The first-order valence-electron chi connectivity index (χ1n) is 5.67. The highest BCUT2D eigenvalue weighted by Gasteiger charge is 2.18. The van der Waals surface area contributed by atoms with Gasteiger partial charge in [0.05, 0.1) is 6.54 Å². The fourth-order valence-corrected chi connectivity index (χ4v) is 1.93. The molecule has 4 heteroatoms. The van der Waals surface area contributed by atoms with Crippen molar-refractivity contribution >= 4 is 29.9 Å². The van der Waals surface area contributed by atoms with Gasteiger partial charge in [0, 0.05) is 13.1 Å². The minimum absolute atomic E-state index is 0. The second kappa shape index (κ2) is 8.68. The first-order chi connectivity index (χ1) is 7.26. The molecule has 92 valence electrons. The maximum Gasteiger partial charge on any atom is 0.191 e. The lowest BCUT2D eigenvalue weighted by Crippen LogP contribution is -2.44. The van der Waals surface area contributed by atoms with E-state index in [1.165, 1.54) is 25.7 Å². The van der Waals surface area contributed by atoms with Crippen LogP contribution in [0.5, 0.6) is 0 Å². The van der Waals surface area contributed by atoms with Crippen molar-refractivity contribution in [3.05, 3.63) is 0 Å². The van der Waals surface area contributed by atoms with Crippen LogP contribution in [0, 0.1) is 18.3 Å². The summed E-state index contributed by atoms with van der Waals surface area (Å²) in [6.45, 7) is 2.85. The van der Waals surface area contributed by atoms with Crippen molar-refractivity contribution in [2.45, 2.75) is 38.6 Å². The second-order valence-corrected chi connectivity index (χ2v) is 4.23. The zero-order valence-electron chi connectivity index (χ0n) is 10.1. The van der Waals surface area contributed by atoms with Gasteiger partial charge in [0.2, 0.25) is 0 Å². The molecule has 0 aliphatic heterocycles. The topological polar surface area (TPSA) is 36.4 Å². The van der Waals surface area contributed by atoms with Crippen LogP contribution < -0.4 is 10.6 Å². The number of guanidine groups is 1. The van der Waals surface area contributed by atoms with E-state index in [4.69, 9.17) is 6.42 Å². The number of hydrogen-bond donors (Lipinski definition) is 2. The van der Waals surface area contributed by atoms with Crippen molar-refractivity contribution in [3.63, 3.8) is 0 Å². The zero-order valence-corrected chi connectivity index (χ0v) is 12.5. The quantitative estimate of drug-likeness (QED) is 0.350. The fourth-order valence-electron chi connectivity index (χ4n) is 1.93. The third kappa shape index (κ3) is 5.59. The Labute approximate surface area is 116 Å². The Morgan fingerprint density at radius 3 is 2.50 bits per heavy atom. The highest BCUT2D eigenvalue weighted by Crippen LogP contribution is 2.23. The third-order valence-corrected chi connectivity index (χ3v) is 2.94. The highest BCUT2D eigenvalue weighted by atomic mass is 127. The third-order valence-electron chi connectivity index (χ3n) is 2.94. The Morgan fingerprint density at radius 1 is 1.38 bits per heavy atom. The van der Waals surface area contributed by atoms with E-state index in [9.17, 15) is 0 Å². The van der Waals surface area contributed by atoms with Crippen LogP contribution in [0.3, 0.4) is 0 Å². The van der Waals surface area contributed by atoms with Crippen LogP contribution in [0.25, 0.3) is 0 Å². The van der Waals surface area contributed by atoms with Gasteiger partial charge < -0.3 is 10.6 Å². The molecular weight excluding hydrogens is 313 g/mol. The Balaban J connectivity index is 0.00000225. The summed E-state index contributed by atoms with van der Waals surface area (Å²) in [5.74, 6) is 4.25. The Bertz CT molecular complexity index is 249. The molecule has 1 saturated carbocycles.